The third kappa shape index (κ3) is 4.03. The zero-order valence-corrected chi connectivity index (χ0v) is 20.0. The molecule has 0 atom stereocenters. The summed E-state index contributed by atoms with van der Waals surface area (Å²) < 4.78 is 28.5. The van der Waals surface area contributed by atoms with Crippen LogP contribution < -0.4 is 0 Å². The van der Waals surface area contributed by atoms with Gasteiger partial charge in [-0.1, -0.05) is 0 Å². The Kier molecular flexibility index (Phi) is 5.73. The molecule has 184 valence electrons. The lowest BCUT2D eigenvalue weighted by molar-refractivity contribution is 0.00854. The summed E-state index contributed by atoms with van der Waals surface area (Å²) in [5, 5.41) is 7.36. The first-order valence-corrected chi connectivity index (χ1v) is 12.5. The monoisotopic (exact) mass is 508 g/mol. The van der Waals surface area contributed by atoms with Crippen molar-refractivity contribution in [2.45, 2.75) is 6.04 Å². The molecule has 2 saturated heterocycles. The molecule has 0 radical (unpaired) electrons. The summed E-state index contributed by atoms with van der Waals surface area (Å²) in [6.45, 7) is 4.15. The van der Waals surface area contributed by atoms with E-state index in [1.807, 2.05) is 9.80 Å². The number of aromatic nitrogens is 3. The van der Waals surface area contributed by atoms with Crippen molar-refractivity contribution in [1.29, 1.82) is 0 Å². The summed E-state index contributed by atoms with van der Waals surface area (Å²) in [5.74, 6) is -1.92. The molecule has 0 bridgehead atoms. The van der Waals surface area contributed by atoms with Crippen molar-refractivity contribution in [1.82, 2.24) is 29.5 Å². The normalized spacial score (nSPS) is 16.9. The highest BCUT2D eigenvalue weighted by Crippen LogP contribution is 2.24. The van der Waals surface area contributed by atoms with Crippen LogP contribution in [0.2, 0.25) is 0 Å². The number of likely N-dealkylation sites (tertiary alicyclic amines) is 1. The van der Waals surface area contributed by atoms with E-state index in [0.29, 0.717) is 48.0 Å². The average Bonchev–Trinajstić information content (AvgIpc) is 3.55. The maximum absolute atomic E-state index is 13.7. The van der Waals surface area contributed by atoms with Crippen LogP contribution in [-0.4, -0.2) is 86.6 Å². The molecule has 4 aromatic rings. The van der Waals surface area contributed by atoms with Crippen LogP contribution in [0.25, 0.3) is 16.6 Å². The van der Waals surface area contributed by atoms with E-state index in [-0.39, 0.29) is 17.9 Å². The highest BCUT2D eigenvalue weighted by atomic mass is 32.1. The van der Waals surface area contributed by atoms with Gasteiger partial charge in [0.25, 0.3) is 11.8 Å². The van der Waals surface area contributed by atoms with Gasteiger partial charge in [0.1, 0.15) is 0 Å². The molecule has 0 unspecified atom stereocenters. The van der Waals surface area contributed by atoms with E-state index in [1.54, 1.807) is 36.0 Å². The Bertz CT molecular complexity index is 1440. The number of thiazole rings is 1. The maximum Gasteiger partial charge on any atom is 0.282 e. The Hall–Kier alpha value is -3.70. The van der Waals surface area contributed by atoms with Crippen LogP contribution >= 0.6 is 11.3 Å². The number of halogens is 2. The van der Waals surface area contributed by atoms with Crippen molar-refractivity contribution in [2.24, 2.45) is 0 Å². The number of benzene rings is 2. The number of hydrogen-bond acceptors (Lipinski definition) is 6. The topological polar surface area (TPSA) is 74.6 Å². The molecule has 36 heavy (non-hydrogen) atoms. The van der Waals surface area contributed by atoms with E-state index in [4.69, 9.17) is 0 Å². The molecule has 2 amide bonds. The molecule has 2 aliphatic heterocycles. The summed E-state index contributed by atoms with van der Waals surface area (Å²) in [6, 6.07) is 9.18. The SMILES string of the molecule is O=C(c1ccc2c(cnn2-c2ccc(F)c(F)c2)c1)N1CC(N2CCN(C(=O)c3nccs3)CC2)C1. The first-order chi connectivity index (χ1) is 17.5. The fourth-order valence-corrected chi connectivity index (χ4v) is 5.38. The predicted molar refractivity (Wildman–Crippen MR) is 130 cm³/mol. The van der Waals surface area contributed by atoms with Crippen molar-refractivity contribution in [3.05, 3.63) is 76.4 Å². The van der Waals surface area contributed by atoms with E-state index >= 15 is 0 Å². The lowest BCUT2D eigenvalue weighted by Gasteiger charge is -2.48. The van der Waals surface area contributed by atoms with Crippen LogP contribution in [0.3, 0.4) is 0 Å². The molecule has 0 spiro atoms. The van der Waals surface area contributed by atoms with Gasteiger partial charge in [-0.3, -0.25) is 14.5 Å². The molecule has 2 fully saturated rings. The van der Waals surface area contributed by atoms with Crippen LogP contribution in [0, 0.1) is 11.6 Å². The minimum Gasteiger partial charge on any atom is -0.335 e. The Morgan fingerprint density at radius 3 is 2.44 bits per heavy atom. The van der Waals surface area contributed by atoms with Gasteiger partial charge in [-0.25, -0.2) is 18.4 Å². The minimum absolute atomic E-state index is 0.0154. The second-order valence-corrected chi connectivity index (χ2v) is 9.85. The molecular weight excluding hydrogens is 486 g/mol. The molecular formula is C25H22F2N6O2S. The summed E-state index contributed by atoms with van der Waals surface area (Å²) in [4.78, 5) is 35.7. The summed E-state index contributed by atoms with van der Waals surface area (Å²) in [5.41, 5.74) is 1.66. The Balaban J connectivity index is 1.07. The van der Waals surface area contributed by atoms with Gasteiger partial charge in [-0.05, 0) is 30.3 Å². The van der Waals surface area contributed by atoms with Gasteiger partial charge >= 0.3 is 0 Å². The molecule has 6 rings (SSSR count). The van der Waals surface area contributed by atoms with Crippen LogP contribution in [0.5, 0.6) is 0 Å². The van der Waals surface area contributed by atoms with Crippen molar-refractivity contribution in [2.75, 3.05) is 39.3 Å². The minimum atomic E-state index is -0.942. The first kappa shape index (κ1) is 22.7. The van der Waals surface area contributed by atoms with E-state index in [0.717, 1.165) is 30.6 Å². The Labute approximate surface area is 209 Å². The fraction of sp³-hybridized carbons (Fsp3) is 0.280. The highest BCUT2D eigenvalue weighted by Gasteiger charge is 2.37. The second-order valence-electron chi connectivity index (χ2n) is 8.96. The Morgan fingerprint density at radius 1 is 0.917 bits per heavy atom. The van der Waals surface area contributed by atoms with Crippen molar-refractivity contribution in [3.63, 3.8) is 0 Å². The third-order valence-corrected chi connectivity index (χ3v) is 7.61. The summed E-state index contributed by atoms with van der Waals surface area (Å²) in [7, 11) is 0. The predicted octanol–water partition coefficient (Wildman–Crippen LogP) is 3.04. The van der Waals surface area contributed by atoms with Crippen molar-refractivity contribution >= 4 is 34.1 Å². The fourth-order valence-electron chi connectivity index (χ4n) is 4.78. The quantitative estimate of drug-likeness (QED) is 0.424. The number of hydrogen-bond donors (Lipinski definition) is 0. The third-order valence-electron chi connectivity index (χ3n) is 6.85. The largest absolute Gasteiger partial charge is 0.335 e. The van der Waals surface area contributed by atoms with E-state index in [9.17, 15) is 18.4 Å². The smallest absolute Gasteiger partial charge is 0.282 e. The molecule has 2 aliphatic rings. The lowest BCUT2D eigenvalue weighted by Crippen LogP contribution is -2.64. The maximum atomic E-state index is 13.7. The van der Waals surface area contributed by atoms with E-state index in [2.05, 4.69) is 15.0 Å². The van der Waals surface area contributed by atoms with Gasteiger partial charge in [0, 0.05) is 73.9 Å². The van der Waals surface area contributed by atoms with E-state index in [1.165, 1.54) is 22.1 Å². The Morgan fingerprint density at radius 2 is 1.72 bits per heavy atom. The number of nitrogens with zero attached hydrogens (tertiary/aromatic N) is 6. The molecule has 0 N–H and O–H groups in total. The highest BCUT2D eigenvalue weighted by molar-refractivity contribution is 7.11. The first-order valence-electron chi connectivity index (χ1n) is 11.6. The van der Waals surface area contributed by atoms with Crippen LogP contribution in [0.1, 0.15) is 20.2 Å². The van der Waals surface area contributed by atoms with Crippen molar-refractivity contribution < 1.29 is 18.4 Å². The number of amides is 2. The average molecular weight is 509 g/mol. The van der Waals surface area contributed by atoms with Gasteiger partial charge in [0.05, 0.1) is 17.4 Å². The molecule has 4 heterocycles. The number of rotatable bonds is 4. The zero-order valence-electron chi connectivity index (χ0n) is 19.2. The van der Waals surface area contributed by atoms with Gasteiger partial charge in [-0.15, -0.1) is 11.3 Å². The van der Waals surface area contributed by atoms with Crippen LogP contribution in [0.15, 0.2) is 54.2 Å². The lowest BCUT2D eigenvalue weighted by atomic mass is 10.0. The molecule has 8 nitrogen and oxygen atoms in total. The molecule has 0 saturated carbocycles. The number of fused-ring (bicyclic) bond motifs is 1. The standard InChI is InChI=1S/C25H22F2N6O2S/c26-20-3-2-18(12-21(20)27)33-22-4-1-16(11-17(22)13-29-33)24(34)32-14-19(15-32)30-6-8-31(9-7-30)25(35)23-28-5-10-36-23/h1-5,10-13,19H,6-9,14-15H2. The molecule has 2 aromatic carbocycles. The summed E-state index contributed by atoms with van der Waals surface area (Å²) >= 11 is 1.36. The van der Waals surface area contributed by atoms with Gasteiger partial charge < -0.3 is 9.80 Å². The van der Waals surface area contributed by atoms with Crippen molar-refractivity contribution in [3.8, 4) is 5.69 Å². The van der Waals surface area contributed by atoms with Gasteiger partial charge in [0.2, 0.25) is 0 Å². The molecule has 2 aromatic heterocycles. The molecule has 11 heteroatoms. The number of piperazine rings is 1. The van der Waals surface area contributed by atoms with E-state index < -0.39 is 11.6 Å². The van der Waals surface area contributed by atoms with Gasteiger partial charge in [-0.2, -0.15) is 5.10 Å². The zero-order chi connectivity index (χ0) is 24.8. The van der Waals surface area contributed by atoms with Crippen LogP contribution in [-0.2, 0) is 0 Å². The number of carbonyl (C=O) groups is 2. The van der Waals surface area contributed by atoms with Crippen LogP contribution in [0.4, 0.5) is 8.78 Å². The van der Waals surface area contributed by atoms with Gasteiger partial charge in [0.15, 0.2) is 16.6 Å². The second kappa shape index (κ2) is 9.07. The molecule has 0 aliphatic carbocycles. The number of carbonyl (C=O) groups excluding carboxylic acids is 2. The summed E-state index contributed by atoms with van der Waals surface area (Å²) in [6.07, 6.45) is 3.25.